The van der Waals surface area contributed by atoms with Gasteiger partial charge in [-0.05, 0) is 25.0 Å². The monoisotopic (exact) mass is 146 g/mol. The molecule has 0 amide bonds. The number of rotatable bonds is 0. The molecule has 9 heavy (non-hydrogen) atoms. The predicted octanol–water partition coefficient (Wildman–Crippen LogP) is 2.30. The molecule has 0 saturated heterocycles. The summed E-state index contributed by atoms with van der Waals surface area (Å²) < 4.78 is 0. The zero-order chi connectivity index (χ0) is 5.98. The van der Waals surface area contributed by atoms with E-state index in [0.717, 1.165) is 0 Å². The summed E-state index contributed by atoms with van der Waals surface area (Å²) in [4.78, 5) is 0. The van der Waals surface area contributed by atoms with Gasteiger partial charge in [0.2, 0.25) is 0 Å². The van der Waals surface area contributed by atoms with Gasteiger partial charge in [-0.3, -0.25) is 0 Å². The molecule has 1 aromatic rings. The maximum Gasteiger partial charge on any atom is 0 e. The zero-order valence-corrected chi connectivity index (χ0v) is 6.37. The van der Waals surface area contributed by atoms with Gasteiger partial charge in [0.25, 0.3) is 0 Å². The molecule has 0 spiro atoms. The molecule has 0 aromatic heterocycles. The molecule has 0 nitrogen and oxygen atoms in total. The van der Waals surface area contributed by atoms with Crippen LogP contribution >= 0.6 is 0 Å². The van der Waals surface area contributed by atoms with Crippen molar-refractivity contribution in [1.82, 2.24) is 0 Å². The molecule has 0 fully saturated rings. The van der Waals surface area contributed by atoms with Crippen molar-refractivity contribution in [2.24, 2.45) is 0 Å². The van der Waals surface area contributed by atoms with Gasteiger partial charge >= 0.3 is 0 Å². The van der Waals surface area contributed by atoms with Crippen LogP contribution in [0.4, 0.5) is 0 Å². The Kier molecular flexibility index (Phi) is 4.55. The predicted molar refractivity (Wildman–Crippen MR) is 35.9 cm³/mol. The van der Waals surface area contributed by atoms with Gasteiger partial charge in [-0.1, -0.05) is 24.3 Å². The van der Waals surface area contributed by atoms with Crippen molar-refractivity contribution in [3.63, 3.8) is 0 Å². The molecule has 1 aromatic carbocycles. The number of hydrogen-bond donors (Lipinski definition) is 0. The van der Waals surface area contributed by atoms with E-state index in [1.165, 1.54) is 11.1 Å². The van der Waals surface area contributed by atoms with Gasteiger partial charge in [0.1, 0.15) is 0 Å². The van der Waals surface area contributed by atoms with E-state index in [-0.39, 0.29) is 37.7 Å². The summed E-state index contributed by atoms with van der Waals surface area (Å²) in [7, 11) is 0. The van der Waals surface area contributed by atoms with Gasteiger partial charge in [0.05, 0.1) is 0 Å². The second-order valence-corrected chi connectivity index (χ2v) is 2.08. The van der Waals surface area contributed by atoms with Crippen molar-refractivity contribution < 1.29 is 37.7 Å². The quantitative estimate of drug-likeness (QED) is 0.526. The first-order valence-electron chi connectivity index (χ1n) is 2.83. The number of hydrogen-bond acceptors (Lipinski definition) is 0. The van der Waals surface area contributed by atoms with Crippen LogP contribution in [-0.4, -0.2) is 0 Å². The van der Waals surface area contributed by atoms with Crippen LogP contribution in [0.1, 0.15) is 11.1 Å². The average Bonchev–Trinajstić information content (AvgIpc) is 1.77. The molecule has 1 rings (SSSR count). The van der Waals surface area contributed by atoms with E-state index in [1.54, 1.807) is 0 Å². The fourth-order valence-corrected chi connectivity index (χ4v) is 0.663. The Balaban J connectivity index is 0.000000640. The van der Waals surface area contributed by atoms with Crippen LogP contribution in [0, 0.1) is 51.6 Å². The van der Waals surface area contributed by atoms with Crippen LogP contribution in [0.2, 0.25) is 0 Å². The van der Waals surface area contributed by atoms with E-state index in [0.29, 0.717) is 0 Å². The van der Waals surface area contributed by atoms with E-state index < -0.39 is 0 Å². The van der Waals surface area contributed by atoms with Gasteiger partial charge in [-0.15, -0.1) is 0 Å². The van der Waals surface area contributed by atoms with Crippen LogP contribution in [0.15, 0.2) is 24.3 Å². The fraction of sp³-hybridized carbons (Fsp3) is 0.250. The minimum Gasteiger partial charge on any atom is -0.0620 e. The summed E-state index contributed by atoms with van der Waals surface area (Å²) >= 11 is 0. The zero-order valence-electron chi connectivity index (χ0n) is 5.66. The molecule has 0 aliphatic carbocycles. The summed E-state index contributed by atoms with van der Waals surface area (Å²) in [6.45, 7) is 4.24. The fourth-order valence-electron chi connectivity index (χ4n) is 0.663. The molecular weight excluding hydrogens is 136 g/mol. The summed E-state index contributed by atoms with van der Waals surface area (Å²) in [5.41, 5.74) is 2.74. The molecule has 0 aliphatic rings. The van der Waals surface area contributed by atoms with Crippen LogP contribution < -0.4 is 0 Å². The minimum atomic E-state index is 0. The first kappa shape index (κ1) is 9.48. The van der Waals surface area contributed by atoms with E-state index in [4.69, 9.17) is 0 Å². The molecule has 1 heteroatoms. The van der Waals surface area contributed by atoms with E-state index in [9.17, 15) is 0 Å². The molecular formula is C8H10Ar. The smallest absolute Gasteiger partial charge is 0 e. The number of benzene rings is 1. The molecule has 0 N–H and O–H groups in total. The number of aryl methyl sites for hydroxylation is 2. The van der Waals surface area contributed by atoms with Crippen molar-refractivity contribution in [2.75, 3.05) is 0 Å². The standard InChI is InChI=1S/C8H10.Ar/c1-7-5-3-4-6-8(7)2;/h3-6H,1-2H3;. The van der Waals surface area contributed by atoms with Crippen LogP contribution in [0.5, 0.6) is 0 Å². The summed E-state index contributed by atoms with van der Waals surface area (Å²) in [6, 6.07) is 8.36. The molecule has 0 radical (unpaired) electrons. The molecule has 50 valence electrons. The van der Waals surface area contributed by atoms with Gasteiger partial charge in [0.15, 0.2) is 0 Å². The van der Waals surface area contributed by atoms with Crippen LogP contribution in [0.3, 0.4) is 0 Å². The Morgan fingerprint density at radius 1 is 0.889 bits per heavy atom. The minimum absolute atomic E-state index is 0. The Morgan fingerprint density at radius 2 is 1.22 bits per heavy atom. The van der Waals surface area contributed by atoms with Crippen molar-refractivity contribution in [2.45, 2.75) is 13.8 Å². The average molecular weight is 146 g/mol. The summed E-state index contributed by atoms with van der Waals surface area (Å²) in [6.07, 6.45) is 0. The Hall–Kier alpha value is 0.480. The molecule has 0 saturated carbocycles. The van der Waals surface area contributed by atoms with Gasteiger partial charge < -0.3 is 0 Å². The van der Waals surface area contributed by atoms with E-state index >= 15 is 0 Å². The maximum absolute atomic E-state index is 2.12. The van der Waals surface area contributed by atoms with Gasteiger partial charge in [0, 0.05) is 37.7 Å². The molecule has 0 bridgehead atoms. The first-order valence-corrected chi connectivity index (χ1v) is 2.83. The molecule has 0 atom stereocenters. The Morgan fingerprint density at radius 3 is 1.44 bits per heavy atom. The largest absolute Gasteiger partial charge is 0.0620 e. The van der Waals surface area contributed by atoms with Crippen molar-refractivity contribution in [3.8, 4) is 0 Å². The van der Waals surface area contributed by atoms with E-state index in [2.05, 4.69) is 38.1 Å². The maximum atomic E-state index is 2.12. The van der Waals surface area contributed by atoms with Crippen molar-refractivity contribution >= 4 is 0 Å². The third-order valence-corrected chi connectivity index (χ3v) is 1.43. The SMILES string of the molecule is Cc1ccccc1C.[Ar]. The topological polar surface area (TPSA) is 0 Å². The van der Waals surface area contributed by atoms with Crippen LogP contribution in [0.25, 0.3) is 0 Å². The summed E-state index contributed by atoms with van der Waals surface area (Å²) in [5.74, 6) is 0. The third-order valence-electron chi connectivity index (χ3n) is 1.43. The Bertz CT molecular complexity index is 161. The second-order valence-electron chi connectivity index (χ2n) is 2.08. The van der Waals surface area contributed by atoms with E-state index in [1.807, 2.05) is 0 Å². The normalized spacial score (nSPS) is 8.22. The van der Waals surface area contributed by atoms with Gasteiger partial charge in [-0.2, -0.15) is 0 Å². The molecule has 0 unspecified atom stereocenters. The van der Waals surface area contributed by atoms with Gasteiger partial charge in [-0.25, -0.2) is 0 Å². The molecule has 0 aliphatic heterocycles. The van der Waals surface area contributed by atoms with Crippen molar-refractivity contribution in [1.29, 1.82) is 0 Å². The first-order chi connectivity index (χ1) is 3.80. The van der Waals surface area contributed by atoms with Crippen molar-refractivity contribution in [3.05, 3.63) is 35.4 Å². The Labute approximate surface area is 86.3 Å². The summed E-state index contributed by atoms with van der Waals surface area (Å²) in [5, 5.41) is 0. The van der Waals surface area contributed by atoms with Crippen LogP contribution in [-0.2, 0) is 0 Å². The second kappa shape index (κ2) is 4.32. The third kappa shape index (κ3) is 2.70. The molecule has 0 heterocycles.